The molecule has 0 radical (unpaired) electrons. The van der Waals surface area contributed by atoms with Crippen LogP contribution in [0.2, 0.25) is 0 Å². The summed E-state index contributed by atoms with van der Waals surface area (Å²) in [5, 5.41) is 0. The van der Waals surface area contributed by atoms with Crippen LogP contribution in [-0.4, -0.2) is 22.0 Å². The number of carbonyl (C=O) groups is 1. The lowest BCUT2D eigenvalue weighted by atomic mass is 10.1. The monoisotopic (exact) mass is 436 g/mol. The van der Waals surface area contributed by atoms with Crippen molar-refractivity contribution in [3.05, 3.63) is 81.0 Å². The number of anilines is 2. The van der Waals surface area contributed by atoms with Gasteiger partial charge in [0.15, 0.2) is 5.69 Å². The summed E-state index contributed by atoms with van der Waals surface area (Å²) in [4.78, 5) is 42.0. The van der Waals surface area contributed by atoms with E-state index in [9.17, 15) is 14.4 Å². The van der Waals surface area contributed by atoms with Gasteiger partial charge in [-0.05, 0) is 43.2 Å². The van der Waals surface area contributed by atoms with E-state index in [1.807, 2.05) is 44.2 Å². The Hall–Kier alpha value is -3.81. The van der Waals surface area contributed by atoms with Crippen LogP contribution in [-0.2, 0) is 6.54 Å². The first-order valence-electron chi connectivity index (χ1n) is 10.7. The molecule has 3 aromatic rings. The standard InChI is InChI=1S/C24H28N4O4/c1-3-5-15-28-21(25)20(22(29)26-24(28)31)27(14-4-2)23(30)17-10-9-13-19(16-17)32-18-11-7-6-8-12-18/h6-13,16H,3-5,14-15,25H2,1-2H3,(H,26,29,31). The number of ether oxygens (including phenoxy) is 1. The summed E-state index contributed by atoms with van der Waals surface area (Å²) in [6.07, 6.45) is 2.17. The minimum atomic E-state index is -0.682. The first-order valence-corrected chi connectivity index (χ1v) is 10.7. The van der Waals surface area contributed by atoms with Gasteiger partial charge in [0.25, 0.3) is 11.5 Å². The van der Waals surface area contributed by atoms with Crippen molar-refractivity contribution in [3.63, 3.8) is 0 Å². The molecule has 1 amide bonds. The number of hydrogen-bond acceptors (Lipinski definition) is 5. The molecular formula is C24H28N4O4. The number of para-hydroxylation sites is 1. The highest BCUT2D eigenvalue weighted by molar-refractivity contribution is 6.07. The number of aromatic nitrogens is 2. The quantitative estimate of drug-likeness (QED) is 0.531. The van der Waals surface area contributed by atoms with Crippen LogP contribution in [0, 0.1) is 0 Å². The van der Waals surface area contributed by atoms with E-state index in [1.54, 1.807) is 24.3 Å². The fourth-order valence-electron chi connectivity index (χ4n) is 3.39. The number of nitrogen functional groups attached to an aromatic ring is 1. The molecule has 0 aliphatic carbocycles. The highest BCUT2D eigenvalue weighted by Gasteiger charge is 2.25. The largest absolute Gasteiger partial charge is 0.457 e. The molecule has 1 aromatic heterocycles. The number of amides is 1. The highest BCUT2D eigenvalue weighted by Crippen LogP contribution is 2.25. The number of nitrogens with one attached hydrogen (secondary N) is 1. The Labute approximate surface area is 186 Å². The molecule has 8 nitrogen and oxygen atoms in total. The van der Waals surface area contributed by atoms with Crippen molar-refractivity contribution in [1.29, 1.82) is 0 Å². The SMILES string of the molecule is CCCCn1c(N)c(N(CCC)C(=O)c2cccc(Oc3ccccc3)c2)c(=O)[nH]c1=O. The lowest BCUT2D eigenvalue weighted by Crippen LogP contribution is -2.41. The second kappa shape index (κ2) is 10.5. The third-order valence-electron chi connectivity index (χ3n) is 4.97. The van der Waals surface area contributed by atoms with Gasteiger partial charge in [0.05, 0.1) is 0 Å². The Morgan fingerprint density at radius 3 is 2.44 bits per heavy atom. The maximum absolute atomic E-state index is 13.4. The number of hydrogen-bond donors (Lipinski definition) is 2. The molecule has 0 aliphatic heterocycles. The average molecular weight is 437 g/mol. The topological polar surface area (TPSA) is 110 Å². The Balaban J connectivity index is 1.99. The minimum Gasteiger partial charge on any atom is -0.457 e. The maximum atomic E-state index is 13.4. The predicted octanol–water partition coefficient (Wildman–Crippen LogP) is 3.77. The summed E-state index contributed by atoms with van der Waals surface area (Å²) in [6.45, 7) is 4.51. The zero-order valence-electron chi connectivity index (χ0n) is 18.3. The van der Waals surface area contributed by atoms with E-state index in [0.717, 1.165) is 12.8 Å². The van der Waals surface area contributed by atoms with Crippen LogP contribution in [0.3, 0.4) is 0 Å². The van der Waals surface area contributed by atoms with Gasteiger partial charge in [0.1, 0.15) is 17.3 Å². The number of aromatic amines is 1. The zero-order chi connectivity index (χ0) is 23.1. The Kier molecular flexibility index (Phi) is 7.49. The van der Waals surface area contributed by atoms with Crippen molar-refractivity contribution in [2.24, 2.45) is 0 Å². The molecule has 0 saturated carbocycles. The van der Waals surface area contributed by atoms with Gasteiger partial charge in [0, 0.05) is 18.7 Å². The molecule has 8 heteroatoms. The van der Waals surface area contributed by atoms with Crippen molar-refractivity contribution in [2.75, 3.05) is 17.2 Å². The summed E-state index contributed by atoms with van der Waals surface area (Å²) >= 11 is 0. The van der Waals surface area contributed by atoms with E-state index in [4.69, 9.17) is 10.5 Å². The Morgan fingerprint density at radius 1 is 1.03 bits per heavy atom. The Bertz CT molecular complexity index is 1180. The molecule has 0 unspecified atom stereocenters. The molecule has 1 heterocycles. The van der Waals surface area contributed by atoms with Crippen LogP contribution >= 0.6 is 0 Å². The van der Waals surface area contributed by atoms with Crippen molar-refractivity contribution >= 4 is 17.4 Å². The summed E-state index contributed by atoms with van der Waals surface area (Å²) in [5.74, 6) is 0.730. The number of benzene rings is 2. The van der Waals surface area contributed by atoms with E-state index >= 15 is 0 Å². The van der Waals surface area contributed by atoms with Gasteiger partial charge >= 0.3 is 5.69 Å². The van der Waals surface area contributed by atoms with Crippen molar-refractivity contribution in [2.45, 2.75) is 39.7 Å². The molecule has 32 heavy (non-hydrogen) atoms. The lowest BCUT2D eigenvalue weighted by molar-refractivity contribution is 0.0986. The molecule has 0 fully saturated rings. The first kappa shape index (κ1) is 22.9. The van der Waals surface area contributed by atoms with Gasteiger partial charge in [-0.2, -0.15) is 0 Å². The third-order valence-corrected chi connectivity index (χ3v) is 4.97. The summed E-state index contributed by atoms with van der Waals surface area (Å²) in [6, 6.07) is 16.0. The van der Waals surface area contributed by atoms with Crippen LogP contribution in [0.15, 0.2) is 64.2 Å². The van der Waals surface area contributed by atoms with Crippen LogP contribution in [0.25, 0.3) is 0 Å². The van der Waals surface area contributed by atoms with E-state index in [1.165, 1.54) is 9.47 Å². The fourth-order valence-corrected chi connectivity index (χ4v) is 3.39. The number of rotatable bonds is 9. The molecule has 3 rings (SSSR count). The predicted molar refractivity (Wildman–Crippen MR) is 126 cm³/mol. The molecule has 2 aromatic carbocycles. The number of nitrogens with two attached hydrogens (primary N) is 1. The Morgan fingerprint density at radius 2 is 1.75 bits per heavy atom. The number of nitrogens with zero attached hydrogens (tertiary/aromatic N) is 2. The van der Waals surface area contributed by atoms with Gasteiger partial charge in [-0.1, -0.05) is 44.5 Å². The number of unbranched alkanes of at least 4 members (excludes halogenated alkanes) is 1. The molecular weight excluding hydrogens is 408 g/mol. The van der Waals surface area contributed by atoms with Gasteiger partial charge in [0.2, 0.25) is 0 Å². The van der Waals surface area contributed by atoms with Crippen LogP contribution in [0.1, 0.15) is 43.5 Å². The fraction of sp³-hybridized carbons (Fsp3) is 0.292. The molecule has 0 saturated heterocycles. The van der Waals surface area contributed by atoms with Gasteiger partial charge in [-0.15, -0.1) is 0 Å². The number of H-pyrrole nitrogens is 1. The van der Waals surface area contributed by atoms with Gasteiger partial charge < -0.3 is 15.4 Å². The van der Waals surface area contributed by atoms with Crippen LogP contribution < -0.4 is 26.6 Å². The van der Waals surface area contributed by atoms with Crippen molar-refractivity contribution < 1.29 is 9.53 Å². The summed E-state index contributed by atoms with van der Waals surface area (Å²) < 4.78 is 7.14. The van der Waals surface area contributed by atoms with Gasteiger partial charge in [-0.25, -0.2) is 4.79 Å². The lowest BCUT2D eigenvalue weighted by Gasteiger charge is -2.24. The van der Waals surface area contributed by atoms with Gasteiger partial charge in [-0.3, -0.25) is 19.1 Å². The van der Waals surface area contributed by atoms with Crippen molar-refractivity contribution in [1.82, 2.24) is 9.55 Å². The highest BCUT2D eigenvalue weighted by atomic mass is 16.5. The maximum Gasteiger partial charge on any atom is 0.330 e. The van der Waals surface area contributed by atoms with Crippen LogP contribution in [0.5, 0.6) is 11.5 Å². The third kappa shape index (κ3) is 5.08. The smallest absolute Gasteiger partial charge is 0.330 e. The average Bonchev–Trinajstić information content (AvgIpc) is 2.78. The normalized spacial score (nSPS) is 10.7. The molecule has 0 spiro atoms. The van der Waals surface area contributed by atoms with Crippen LogP contribution in [0.4, 0.5) is 11.5 Å². The van der Waals surface area contributed by atoms with E-state index in [0.29, 0.717) is 30.0 Å². The number of carbonyl (C=O) groups excluding carboxylic acids is 1. The second-order valence-corrected chi connectivity index (χ2v) is 7.40. The zero-order valence-corrected chi connectivity index (χ0v) is 18.3. The first-order chi connectivity index (χ1) is 15.5. The van der Waals surface area contributed by atoms with E-state index in [-0.39, 0.29) is 18.1 Å². The van der Waals surface area contributed by atoms with E-state index < -0.39 is 17.2 Å². The molecule has 168 valence electrons. The summed E-state index contributed by atoms with van der Waals surface area (Å²) in [5.41, 5.74) is 5.30. The second-order valence-electron chi connectivity index (χ2n) is 7.40. The summed E-state index contributed by atoms with van der Waals surface area (Å²) in [7, 11) is 0. The minimum absolute atomic E-state index is 0.00862. The van der Waals surface area contributed by atoms with E-state index in [2.05, 4.69) is 4.98 Å². The molecule has 0 bridgehead atoms. The molecule has 0 aliphatic rings. The molecule has 0 atom stereocenters. The molecule has 3 N–H and O–H groups in total. The van der Waals surface area contributed by atoms with Crippen molar-refractivity contribution in [3.8, 4) is 11.5 Å².